The van der Waals surface area contributed by atoms with Gasteiger partial charge in [-0.1, -0.05) is 36.8 Å². The first-order chi connectivity index (χ1) is 15.1. The van der Waals surface area contributed by atoms with Gasteiger partial charge in [0.2, 0.25) is 0 Å². The summed E-state index contributed by atoms with van der Waals surface area (Å²) in [5.41, 5.74) is 4.27. The number of nitrogens with zero attached hydrogens (tertiary/aromatic N) is 2. The number of halogens is 2. The summed E-state index contributed by atoms with van der Waals surface area (Å²) in [5.74, 6) is -0.169. The Morgan fingerprint density at radius 3 is 1.97 bits per heavy atom. The second-order valence-electron chi connectivity index (χ2n) is 8.48. The molecule has 164 valence electrons. The molecule has 4 rings (SSSR count). The van der Waals surface area contributed by atoms with Crippen LogP contribution >= 0.6 is 0 Å². The molecule has 0 N–H and O–H groups in total. The van der Waals surface area contributed by atoms with E-state index < -0.39 is 0 Å². The van der Waals surface area contributed by atoms with Gasteiger partial charge in [-0.15, -0.1) is 0 Å². The molecular weight excluding hydrogens is 394 g/mol. The maximum absolute atomic E-state index is 13.5. The minimum atomic E-state index is -0.265. The molecule has 2 aromatic carbocycles. The first kappa shape index (κ1) is 21.8. The van der Waals surface area contributed by atoms with E-state index in [9.17, 15) is 13.6 Å². The molecule has 2 aliphatic heterocycles. The lowest BCUT2D eigenvalue weighted by molar-refractivity contribution is -0.131. The van der Waals surface area contributed by atoms with Gasteiger partial charge in [-0.2, -0.15) is 0 Å². The quantitative estimate of drug-likeness (QED) is 0.602. The average molecular weight is 425 g/mol. The number of piperidine rings is 1. The molecule has 5 heteroatoms. The highest BCUT2D eigenvalue weighted by molar-refractivity contribution is 5.84. The number of Topliss-reactive ketones (excluding diaryl/α,β-unsaturated/α-hetero) is 1. The van der Waals surface area contributed by atoms with Gasteiger partial charge in [-0.25, -0.2) is 18.8 Å². The van der Waals surface area contributed by atoms with Crippen LogP contribution in [0.1, 0.15) is 56.6 Å². The van der Waals surface area contributed by atoms with Crippen LogP contribution in [-0.4, -0.2) is 41.5 Å². The molecule has 1 atom stereocenters. The van der Waals surface area contributed by atoms with Crippen molar-refractivity contribution >= 4 is 11.4 Å². The van der Waals surface area contributed by atoms with E-state index in [1.807, 2.05) is 0 Å². The molecule has 0 bridgehead atoms. The maximum atomic E-state index is 13.5. The SMILES string of the molecule is CCCC(=O)C1CCCN1N1CCC(=C(c2ccc(F)cc2)c2ccc(F)cc2)CC1. The van der Waals surface area contributed by atoms with Crippen molar-refractivity contribution in [2.45, 2.75) is 51.5 Å². The zero-order valence-corrected chi connectivity index (χ0v) is 18.1. The van der Waals surface area contributed by atoms with E-state index >= 15 is 0 Å². The number of hydrazine groups is 1. The van der Waals surface area contributed by atoms with E-state index in [4.69, 9.17) is 0 Å². The van der Waals surface area contributed by atoms with Gasteiger partial charge in [0.05, 0.1) is 6.04 Å². The van der Waals surface area contributed by atoms with Gasteiger partial charge in [0.1, 0.15) is 11.6 Å². The number of hydrogen-bond donors (Lipinski definition) is 0. The first-order valence-corrected chi connectivity index (χ1v) is 11.3. The lowest BCUT2D eigenvalue weighted by atomic mass is 9.88. The van der Waals surface area contributed by atoms with Crippen molar-refractivity contribution in [1.82, 2.24) is 10.0 Å². The first-order valence-electron chi connectivity index (χ1n) is 11.3. The van der Waals surface area contributed by atoms with E-state index in [0.29, 0.717) is 12.2 Å². The molecule has 2 aromatic rings. The topological polar surface area (TPSA) is 23.6 Å². The van der Waals surface area contributed by atoms with Crippen molar-refractivity contribution in [3.8, 4) is 0 Å². The third-order valence-electron chi connectivity index (χ3n) is 6.42. The van der Waals surface area contributed by atoms with Crippen LogP contribution in [-0.2, 0) is 4.79 Å². The Morgan fingerprint density at radius 2 is 1.45 bits per heavy atom. The van der Waals surface area contributed by atoms with Crippen molar-refractivity contribution in [1.29, 1.82) is 0 Å². The van der Waals surface area contributed by atoms with Crippen LogP contribution in [0, 0.1) is 11.6 Å². The van der Waals surface area contributed by atoms with Gasteiger partial charge in [0, 0.05) is 26.1 Å². The summed E-state index contributed by atoms with van der Waals surface area (Å²) >= 11 is 0. The second-order valence-corrected chi connectivity index (χ2v) is 8.48. The molecule has 31 heavy (non-hydrogen) atoms. The van der Waals surface area contributed by atoms with Crippen LogP contribution in [0.3, 0.4) is 0 Å². The number of rotatable bonds is 6. The summed E-state index contributed by atoms with van der Waals surface area (Å²) in [6.45, 7) is 4.72. The van der Waals surface area contributed by atoms with E-state index in [-0.39, 0.29) is 17.7 Å². The van der Waals surface area contributed by atoms with Crippen LogP contribution in [0.5, 0.6) is 0 Å². The van der Waals surface area contributed by atoms with Gasteiger partial charge in [0.15, 0.2) is 5.78 Å². The van der Waals surface area contributed by atoms with Crippen molar-refractivity contribution in [2.24, 2.45) is 0 Å². The molecule has 3 nitrogen and oxygen atoms in total. The Balaban J connectivity index is 1.57. The highest BCUT2D eigenvalue weighted by atomic mass is 19.1. The van der Waals surface area contributed by atoms with Gasteiger partial charge in [-0.3, -0.25) is 4.79 Å². The predicted molar refractivity (Wildman–Crippen MR) is 119 cm³/mol. The minimum Gasteiger partial charge on any atom is -0.298 e. The highest BCUT2D eigenvalue weighted by Crippen LogP contribution is 2.34. The van der Waals surface area contributed by atoms with Gasteiger partial charge < -0.3 is 0 Å². The molecule has 1 unspecified atom stereocenters. The Labute approximate surface area is 183 Å². The summed E-state index contributed by atoms with van der Waals surface area (Å²) in [5, 5.41) is 4.64. The van der Waals surface area contributed by atoms with Crippen LogP contribution in [0.15, 0.2) is 54.1 Å². The Morgan fingerprint density at radius 1 is 0.903 bits per heavy atom. The van der Waals surface area contributed by atoms with E-state index in [1.54, 1.807) is 24.3 Å². The summed E-state index contributed by atoms with van der Waals surface area (Å²) in [4.78, 5) is 12.6. The van der Waals surface area contributed by atoms with Crippen LogP contribution in [0.2, 0.25) is 0 Å². The maximum Gasteiger partial charge on any atom is 0.151 e. The third-order valence-corrected chi connectivity index (χ3v) is 6.42. The molecule has 2 aliphatic rings. The number of ketones is 1. The molecule has 0 radical (unpaired) electrons. The largest absolute Gasteiger partial charge is 0.298 e. The predicted octanol–water partition coefficient (Wildman–Crippen LogP) is 5.61. The number of benzene rings is 2. The Kier molecular flexibility index (Phi) is 6.93. The van der Waals surface area contributed by atoms with Gasteiger partial charge >= 0.3 is 0 Å². The molecule has 0 aromatic heterocycles. The molecule has 0 saturated carbocycles. The minimum absolute atomic E-state index is 0.0270. The van der Waals surface area contributed by atoms with Gasteiger partial charge in [-0.05, 0) is 73.1 Å². The lowest BCUT2D eigenvalue weighted by Crippen LogP contribution is -2.50. The monoisotopic (exact) mass is 424 g/mol. The normalized spacial score (nSPS) is 20.2. The number of hydrogen-bond acceptors (Lipinski definition) is 3. The zero-order chi connectivity index (χ0) is 21.8. The highest BCUT2D eigenvalue weighted by Gasteiger charge is 2.35. The van der Waals surface area contributed by atoms with E-state index in [2.05, 4.69) is 16.9 Å². The lowest BCUT2D eigenvalue weighted by Gasteiger charge is -2.39. The van der Waals surface area contributed by atoms with Crippen molar-refractivity contribution in [2.75, 3.05) is 19.6 Å². The summed E-state index contributed by atoms with van der Waals surface area (Å²) in [7, 11) is 0. The summed E-state index contributed by atoms with van der Waals surface area (Å²) in [6.07, 6.45) is 5.31. The second kappa shape index (κ2) is 9.84. The smallest absolute Gasteiger partial charge is 0.151 e. The van der Waals surface area contributed by atoms with E-state index in [1.165, 1.54) is 29.8 Å². The molecule has 0 spiro atoms. The average Bonchev–Trinajstić information content (AvgIpc) is 3.27. The molecule has 2 saturated heterocycles. The molecule has 2 fully saturated rings. The van der Waals surface area contributed by atoms with E-state index in [0.717, 1.165) is 68.4 Å². The zero-order valence-electron chi connectivity index (χ0n) is 18.1. The van der Waals surface area contributed by atoms with Crippen LogP contribution in [0.4, 0.5) is 8.78 Å². The standard InChI is InChI=1S/C26H30F2N2O/c1-2-4-25(31)24-5-3-16-30(24)29-17-14-21(15-18-29)26(19-6-10-22(27)11-7-19)20-8-12-23(28)13-9-20/h6-13,24H,2-5,14-18H2,1H3. The van der Waals surface area contributed by atoms with Crippen molar-refractivity contribution in [3.63, 3.8) is 0 Å². The van der Waals surface area contributed by atoms with Crippen LogP contribution < -0.4 is 0 Å². The summed E-state index contributed by atoms with van der Waals surface area (Å²) in [6, 6.07) is 13.1. The fourth-order valence-corrected chi connectivity index (χ4v) is 4.91. The van der Waals surface area contributed by atoms with Gasteiger partial charge in [0.25, 0.3) is 0 Å². The van der Waals surface area contributed by atoms with Crippen molar-refractivity contribution in [3.05, 3.63) is 76.9 Å². The molecular formula is C26H30F2N2O. The molecule has 2 heterocycles. The number of carbonyl (C=O) groups is 1. The fourth-order valence-electron chi connectivity index (χ4n) is 4.91. The fraction of sp³-hybridized carbons (Fsp3) is 0.423. The molecule has 0 amide bonds. The Bertz CT molecular complexity index is 879. The summed E-state index contributed by atoms with van der Waals surface area (Å²) < 4.78 is 27.0. The van der Waals surface area contributed by atoms with Crippen molar-refractivity contribution < 1.29 is 13.6 Å². The Hall–Kier alpha value is -2.37. The number of carbonyl (C=O) groups excluding carboxylic acids is 1. The third kappa shape index (κ3) is 4.94. The molecule has 0 aliphatic carbocycles. The van der Waals surface area contributed by atoms with Crippen LogP contribution in [0.25, 0.3) is 5.57 Å².